The Kier molecular flexibility index (Phi) is 7.02. The van der Waals surface area contributed by atoms with Gasteiger partial charge in [-0.05, 0) is 24.6 Å². The van der Waals surface area contributed by atoms with Gasteiger partial charge in [-0.2, -0.15) is 0 Å². The molecule has 0 saturated carbocycles. The van der Waals surface area contributed by atoms with Crippen LogP contribution in [0.25, 0.3) is 22.2 Å². The summed E-state index contributed by atoms with van der Waals surface area (Å²) in [6.45, 7) is 1.84. The minimum atomic E-state index is -1.60. The van der Waals surface area contributed by atoms with Crippen LogP contribution < -0.4 is 0 Å². The summed E-state index contributed by atoms with van der Waals surface area (Å²) >= 11 is 0. The Morgan fingerprint density at radius 2 is 1.97 bits per heavy atom. The lowest BCUT2D eigenvalue weighted by Gasteiger charge is -2.39. The molecule has 5 rings (SSSR count). The van der Waals surface area contributed by atoms with Gasteiger partial charge in [-0.1, -0.05) is 24.3 Å². The molecule has 1 fully saturated rings. The van der Waals surface area contributed by atoms with E-state index in [1.165, 1.54) is 13.4 Å². The molecule has 4 aliphatic rings. The first-order valence-corrected chi connectivity index (χ1v) is 12.1. The van der Waals surface area contributed by atoms with Crippen LogP contribution in [0.1, 0.15) is 12.6 Å². The number of benzene rings is 1. The third-order valence-electron chi connectivity index (χ3n) is 7.27. The Morgan fingerprint density at radius 3 is 2.70 bits per heavy atom. The molecule has 4 heterocycles. The van der Waals surface area contributed by atoms with E-state index in [9.17, 15) is 25.2 Å². The maximum absolute atomic E-state index is 12.9. The SMILES string of the molecule is CC=C1Cn2ccc3c4ccccc4nc-3c2CC1C(=COC1OC(CO)C(O)C(O)C1O)C(=O)OC. The molecule has 196 valence electrons. The lowest BCUT2D eigenvalue weighted by Crippen LogP contribution is -2.58. The van der Waals surface area contributed by atoms with Crippen molar-refractivity contribution in [3.05, 3.63) is 65.7 Å². The number of aromatic nitrogens is 2. The average molecular weight is 511 g/mol. The molecule has 6 atom stereocenters. The number of ether oxygens (including phenoxy) is 3. The van der Waals surface area contributed by atoms with Gasteiger partial charge in [-0.15, -0.1) is 0 Å². The first kappa shape index (κ1) is 25.4. The minimum Gasteiger partial charge on any atom is -0.469 e. The maximum atomic E-state index is 12.9. The highest BCUT2D eigenvalue weighted by atomic mass is 16.7. The van der Waals surface area contributed by atoms with Gasteiger partial charge >= 0.3 is 5.97 Å². The quantitative estimate of drug-likeness (QED) is 0.172. The number of pyridine rings is 1. The largest absolute Gasteiger partial charge is 0.469 e. The second kappa shape index (κ2) is 10.2. The summed E-state index contributed by atoms with van der Waals surface area (Å²) in [5.74, 6) is -1.03. The van der Waals surface area contributed by atoms with E-state index in [1.807, 2.05) is 43.5 Å². The molecule has 4 aliphatic heterocycles. The van der Waals surface area contributed by atoms with E-state index in [-0.39, 0.29) is 5.57 Å². The number of esters is 1. The predicted octanol–water partition coefficient (Wildman–Crippen LogP) is 1.13. The fourth-order valence-electron chi connectivity index (χ4n) is 5.19. The van der Waals surface area contributed by atoms with Gasteiger partial charge in [0.15, 0.2) is 0 Å². The van der Waals surface area contributed by atoms with Crippen LogP contribution in [0.4, 0.5) is 0 Å². The van der Waals surface area contributed by atoms with Gasteiger partial charge in [0.25, 0.3) is 0 Å². The molecular weight excluding hydrogens is 480 g/mol. The van der Waals surface area contributed by atoms with Crippen LogP contribution >= 0.6 is 0 Å². The highest BCUT2D eigenvalue weighted by Gasteiger charge is 2.44. The van der Waals surface area contributed by atoms with E-state index in [2.05, 4.69) is 10.6 Å². The molecule has 1 aromatic rings. The Balaban J connectivity index is 1.50. The van der Waals surface area contributed by atoms with Gasteiger partial charge in [0.2, 0.25) is 6.29 Å². The van der Waals surface area contributed by atoms with Crippen molar-refractivity contribution in [1.82, 2.24) is 9.55 Å². The van der Waals surface area contributed by atoms with E-state index in [0.29, 0.717) is 13.0 Å². The second-order valence-electron chi connectivity index (χ2n) is 9.30. The summed E-state index contributed by atoms with van der Waals surface area (Å²) in [4.78, 5) is 17.8. The fraction of sp³-hybridized carbons (Fsp3) is 0.407. The molecule has 0 bridgehead atoms. The number of aliphatic hydroxyl groups is 4. The van der Waals surface area contributed by atoms with Crippen molar-refractivity contribution in [3.63, 3.8) is 0 Å². The van der Waals surface area contributed by atoms with E-state index in [1.54, 1.807) is 0 Å². The number of carbonyl (C=O) groups excluding carboxylic acids is 1. The number of methoxy groups -OCH3 is 1. The summed E-state index contributed by atoms with van der Waals surface area (Å²) in [7, 11) is 1.27. The minimum absolute atomic E-state index is 0.201. The number of rotatable bonds is 5. The van der Waals surface area contributed by atoms with Gasteiger partial charge in [-0.3, -0.25) is 0 Å². The molecule has 4 N–H and O–H groups in total. The number of hydrogen-bond acceptors (Lipinski definition) is 9. The van der Waals surface area contributed by atoms with Crippen molar-refractivity contribution < 1.29 is 39.4 Å². The van der Waals surface area contributed by atoms with Crippen LogP contribution in [0.3, 0.4) is 0 Å². The molecule has 0 spiro atoms. The number of hydrogen-bond donors (Lipinski definition) is 4. The van der Waals surface area contributed by atoms with E-state index in [0.717, 1.165) is 33.4 Å². The van der Waals surface area contributed by atoms with Crippen molar-refractivity contribution in [2.75, 3.05) is 13.7 Å². The number of nitrogens with zero attached hydrogens (tertiary/aromatic N) is 2. The topological polar surface area (TPSA) is 144 Å². The van der Waals surface area contributed by atoms with Crippen molar-refractivity contribution in [1.29, 1.82) is 0 Å². The maximum Gasteiger partial charge on any atom is 0.337 e. The van der Waals surface area contributed by atoms with Crippen LogP contribution in [0.2, 0.25) is 0 Å². The number of aliphatic hydroxyl groups excluding tert-OH is 4. The monoisotopic (exact) mass is 510 g/mol. The smallest absolute Gasteiger partial charge is 0.337 e. The van der Waals surface area contributed by atoms with Gasteiger partial charge in [-0.25, -0.2) is 9.78 Å². The highest BCUT2D eigenvalue weighted by Crippen LogP contribution is 2.40. The third-order valence-corrected chi connectivity index (χ3v) is 7.27. The van der Waals surface area contributed by atoms with Crippen molar-refractivity contribution in [2.45, 2.75) is 50.6 Å². The van der Waals surface area contributed by atoms with E-state index >= 15 is 0 Å². The molecule has 37 heavy (non-hydrogen) atoms. The molecule has 0 amide bonds. The van der Waals surface area contributed by atoms with Crippen molar-refractivity contribution in [3.8, 4) is 11.3 Å². The number of carbonyl (C=O) groups is 1. The van der Waals surface area contributed by atoms with Crippen LogP contribution in [0, 0.1) is 5.92 Å². The molecule has 6 unspecified atom stereocenters. The van der Waals surface area contributed by atoms with E-state index < -0.39 is 49.2 Å². The van der Waals surface area contributed by atoms with Crippen LogP contribution in [-0.4, -0.2) is 80.4 Å². The lowest BCUT2D eigenvalue weighted by molar-refractivity contribution is -0.288. The zero-order valence-electron chi connectivity index (χ0n) is 20.5. The van der Waals surface area contributed by atoms with Gasteiger partial charge < -0.3 is 39.2 Å². The normalized spacial score (nSPS) is 29.5. The molecule has 0 aliphatic carbocycles. The second-order valence-corrected chi connectivity index (χ2v) is 9.30. The Bertz CT molecular complexity index is 1330. The molecule has 0 aromatic heterocycles. The van der Waals surface area contributed by atoms with E-state index in [4.69, 9.17) is 19.2 Å². The summed E-state index contributed by atoms with van der Waals surface area (Å²) in [6.07, 6.45) is -1.66. The van der Waals surface area contributed by atoms with Gasteiger partial charge in [0.1, 0.15) is 24.4 Å². The van der Waals surface area contributed by atoms with Crippen LogP contribution in [0.5, 0.6) is 0 Å². The summed E-state index contributed by atoms with van der Waals surface area (Å²) in [5, 5.41) is 41.0. The van der Waals surface area contributed by atoms with Gasteiger partial charge in [0, 0.05) is 41.7 Å². The van der Waals surface area contributed by atoms with Crippen molar-refractivity contribution in [2.24, 2.45) is 5.92 Å². The fourth-order valence-corrected chi connectivity index (χ4v) is 5.19. The predicted molar refractivity (Wildman–Crippen MR) is 132 cm³/mol. The molecule has 1 saturated heterocycles. The first-order valence-electron chi connectivity index (χ1n) is 12.1. The standard InChI is InChI=1S/C27H30N2O8/c1-3-14-11-29-9-8-16-15-6-4-5-7-19(15)28-22(16)20(29)10-17(14)18(26(34)35-2)13-36-27-25(33)24(32)23(31)21(12-30)37-27/h3-9,13,17,21,23-25,27,30-33H,10-12H2,1-2H3. The Morgan fingerprint density at radius 1 is 1.19 bits per heavy atom. The lowest BCUT2D eigenvalue weighted by atomic mass is 9.83. The third kappa shape index (κ3) is 4.41. The van der Waals surface area contributed by atoms with Crippen molar-refractivity contribution >= 4 is 16.9 Å². The highest BCUT2D eigenvalue weighted by molar-refractivity contribution is 5.98. The molecular formula is C27H30N2O8. The Labute approximate surface area is 213 Å². The summed E-state index contributed by atoms with van der Waals surface area (Å²) in [6, 6.07) is 9.99. The summed E-state index contributed by atoms with van der Waals surface area (Å²) < 4.78 is 18.2. The summed E-state index contributed by atoms with van der Waals surface area (Å²) in [5.41, 5.74) is 4.92. The van der Waals surface area contributed by atoms with Crippen LogP contribution in [0.15, 0.2) is 60.0 Å². The molecule has 10 heteroatoms. The van der Waals surface area contributed by atoms with Crippen LogP contribution in [-0.2, 0) is 32.0 Å². The Hall–Kier alpha value is -3.28. The zero-order chi connectivity index (χ0) is 26.3. The number of fused-ring (bicyclic) bond motifs is 5. The number of allylic oxidation sites excluding steroid dienone is 2. The molecule has 10 nitrogen and oxygen atoms in total. The van der Waals surface area contributed by atoms with Gasteiger partial charge in [0.05, 0.1) is 36.8 Å². The molecule has 0 radical (unpaired) electrons. The molecule has 1 aromatic carbocycles. The average Bonchev–Trinajstić information content (AvgIpc) is 3.31. The zero-order valence-corrected chi connectivity index (χ0v) is 20.5. The number of para-hydroxylation sites is 1. The first-order chi connectivity index (χ1) is 17.9.